The van der Waals surface area contributed by atoms with Gasteiger partial charge in [0.2, 0.25) is 5.91 Å². The number of nitrogens with one attached hydrogen (secondary N) is 2. The molecular formula is C12H21N3O2. The lowest BCUT2D eigenvalue weighted by Crippen LogP contribution is -2.44. The zero-order valence-electron chi connectivity index (χ0n) is 10.4. The van der Waals surface area contributed by atoms with E-state index in [1.54, 1.807) is 0 Å². The number of nitriles is 1. The monoisotopic (exact) mass is 239 g/mol. The van der Waals surface area contributed by atoms with Crippen LogP contribution in [0.3, 0.4) is 0 Å². The van der Waals surface area contributed by atoms with Crippen LogP contribution >= 0.6 is 0 Å². The fourth-order valence-electron chi connectivity index (χ4n) is 1.85. The van der Waals surface area contributed by atoms with Gasteiger partial charge in [-0.1, -0.05) is 6.92 Å². The van der Waals surface area contributed by atoms with Gasteiger partial charge in [0.1, 0.15) is 0 Å². The summed E-state index contributed by atoms with van der Waals surface area (Å²) < 4.78 is 5.34. The van der Waals surface area contributed by atoms with Crippen molar-refractivity contribution in [3.05, 3.63) is 0 Å². The van der Waals surface area contributed by atoms with Crippen LogP contribution in [0.1, 0.15) is 26.2 Å². The Morgan fingerprint density at radius 3 is 3.00 bits per heavy atom. The highest BCUT2D eigenvalue weighted by atomic mass is 16.5. The van der Waals surface area contributed by atoms with Crippen LogP contribution in [0.15, 0.2) is 0 Å². The highest BCUT2D eigenvalue weighted by Gasteiger charge is 2.33. The molecule has 2 unspecified atom stereocenters. The first-order valence-electron chi connectivity index (χ1n) is 6.25. The van der Waals surface area contributed by atoms with Crippen molar-refractivity contribution in [3.63, 3.8) is 0 Å². The molecule has 1 amide bonds. The molecule has 2 N–H and O–H groups in total. The Balaban J connectivity index is 2.27. The summed E-state index contributed by atoms with van der Waals surface area (Å²) in [5, 5.41) is 14.6. The third kappa shape index (κ3) is 4.72. The van der Waals surface area contributed by atoms with Crippen LogP contribution in [0, 0.1) is 17.2 Å². The molecule has 5 nitrogen and oxygen atoms in total. The quantitative estimate of drug-likeness (QED) is 0.631. The molecule has 17 heavy (non-hydrogen) atoms. The Morgan fingerprint density at radius 2 is 2.29 bits per heavy atom. The van der Waals surface area contributed by atoms with E-state index in [0.717, 1.165) is 13.0 Å². The zero-order valence-corrected chi connectivity index (χ0v) is 10.4. The lowest BCUT2D eigenvalue weighted by molar-refractivity contribution is -0.125. The van der Waals surface area contributed by atoms with E-state index in [2.05, 4.69) is 23.6 Å². The second kappa shape index (κ2) is 8.04. The SMILES string of the molecule is CCCNC1COCC1C(=O)NCCCC#N. The van der Waals surface area contributed by atoms with Gasteiger partial charge >= 0.3 is 0 Å². The maximum atomic E-state index is 11.9. The van der Waals surface area contributed by atoms with Crippen molar-refractivity contribution >= 4 is 5.91 Å². The predicted molar refractivity (Wildman–Crippen MR) is 64.2 cm³/mol. The number of rotatable bonds is 7. The molecule has 0 saturated carbocycles. The molecule has 1 heterocycles. The summed E-state index contributed by atoms with van der Waals surface area (Å²) in [6, 6.07) is 2.19. The van der Waals surface area contributed by atoms with Crippen LogP contribution in [0.5, 0.6) is 0 Å². The molecular weight excluding hydrogens is 218 g/mol. The molecule has 0 aromatic heterocycles. The lowest BCUT2D eigenvalue weighted by atomic mass is 10.0. The van der Waals surface area contributed by atoms with Gasteiger partial charge in [-0.15, -0.1) is 0 Å². The molecule has 2 atom stereocenters. The summed E-state index contributed by atoms with van der Waals surface area (Å²) >= 11 is 0. The van der Waals surface area contributed by atoms with Gasteiger partial charge in [0, 0.05) is 19.0 Å². The van der Waals surface area contributed by atoms with Crippen molar-refractivity contribution in [2.45, 2.75) is 32.2 Å². The van der Waals surface area contributed by atoms with Crippen molar-refractivity contribution in [2.24, 2.45) is 5.92 Å². The van der Waals surface area contributed by atoms with Crippen LogP contribution in [0.4, 0.5) is 0 Å². The highest BCUT2D eigenvalue weighted by Crippen LogP contribution is 2.13. The van der Waals surface area contributed by atoms with Crippen LogP contribution in [-0.4, -0.2) is 38.3 Å². The molecule has 1 aliphatic heterocycles. The van der Waals surface area contributed by atoms with Gasteiger partial charge in [0.15, 0.2) is 0 Å². The van der Waals surface area contributed by atoms with Crippen molar-refractivity contribution in [1.29, 1.82) is 5.26 Å². The van der Waals surface area contributed by atoms with Gasteiger partial charge in [-0.2, -0.15) is 5.26 Å². The molecule has 0 radical (unpaired) electrons. The van der Waals surface area contributed by atoms with E-state index in [4.69, 9.17) is 10.00 Å². The normalized spacial score (nSPS) is 23.3. The number of hydrogen-bond donors (Lipinski definition) is 2. The van der Waals surface area contributed by atoms with E-state index in [9.17, 15) is 4.79 Å². The molecule has 1 aliphatic rings. The molecule has 5 heteroatoms. The van der Waals surface area contributed by atoms with Crippen LogP contribution in [0.25, 0.3) is 0 Å². The molecule has 96 valence electrons. The van der Waals surface area contributed by atoms with Gasteiger partial charge in [0.25, 0.3) is 0 Å². The number of unbranched alkanes of at least 4 members (excludes halogenated alkanes) is 1. The summed E-state index contributed by atoms with van der Waals surface area (Å²) in [7, 11) is 0. The molecule has 0 bridgehead atoms. The first-order chi connectivity index (χ1) is 8.29. The van der Waals surface area contributed by atoms with Gasteiger partial charge in [-0.25, -0.2) is 0 Å². The molecule has 0 aliphatic carbocycles. The molecule has 1 fully saturated rings. The Bertz CT molecular complexity index is 275. The Morgan fingerprint density at radius 1 is 1.47 bits per heavy atom. The molecule has 0 aromatic carbocycles. The number of nitrogens with zero attached hydrogens (tertiary/aromatic N) is 1. The number of carbonyl (C=O) groups is 1. The maximum absolute atomic E-state index is 11.9. The zero-order chi connectivity index (χ0) is 12.5. The average Bonchev–Trinajstić information content (AvgIpc) is 2.80. The van der Waals surface area contributed by atoms with Gasteiger partial charge < -0.3 is 15.4 Å². The maximum Gasteiger partial charge on any atom is 0.227 e. The summed E-state index contributed by atoms with van der Waals surface area (Å²) in [5.74, 6) is -0.0577. The van der Waals surface area contributed by atoms with E-state index in [0.29, 0.717) is 32.6 Å². The van der Waals surface area contributed by atoms with Crippen molar-refractivity contribution in [1.82, 2.24) is 10.6 Å². The van der Waals surface area contributed by atoms with E-state index in [1.165, 1.54) is 0 Å². The topological polar surface area (TPSA) is 74.2 Å². The first kappa shape index (κ1) is 13.9. The second-order valence-electron chi connectivity index (χ2n) is 4.26. The average molecular weight is 239 g/mol. The van der Waals surface area contributed by atoms with E-state index >= 15 is 0 Å². The standard InChI is InChI=1S/C12H21N3O2/c1-2-6-14-11-9-17-8-10(11)12(16)15-7-4-3-5-13/h10-11,14H,2-4,6-9H2,1H3,(H,15,16). The third-order valence-corrected chi connectivity index (χ3v) is 2.84. The van der Waals surface area contributed by atoms with Crippen molar-refractivity contribution < 1.29 is 9.53 Å². The number of hydrogen-bond acceptors (Lipinski definition) is 4. The van der Waals surface area contributed by atoms with E-state index in [1.807, 2.05) is 0 Å². The lowest BCUT2D eigenvalue weighted by Gasteiger charge is -2.18. The second-order valence-corrected chi connectivity index (χ2v) is 4.26. The van der Waals surface area contributed by atoms with Crippen LogP contribution in [-0.2, 0) is 9.53 Å². The third-order valence-electron chi connectivity index (χ3n) is 2.84. The number of amides is 1. The van der Waals surface area contributed by atoms with E-state index < -0.39 is 0 Å². The van der Waals surface area contributed by atoms with E-state index in [-0.39, 0.29) is 17.9 Å². The number of carbonyl (C=O) groups excluding carboxylic acids is 1. The molecule has 0 aromatic rings. The minimum absolute atomic E-state index is 0.0362. The predicted octanol–water partition coefficient (Wildman–Crippen LogP) is 0.421. The Kier molecular flexibility index (Phi) is 6.60. The van der Waals surface area contributed by atoms with Crippen LogP contribution < -0.4 is 10.6 Å². The first-order valence-corrected chi connectivity index (χ1v) is 6.25. The summed E-state index contributed by atoms with van der Waals surface area (Å²) in [6.45, 7) is 4.68. The van der Waals surface area contributed by atoms with Crippen molar-refractivity contribution in [2.75, 3.05) is 26.3 Å². The summed E-state index contributed by atoms with van der Waals surface area (Å²) in [5.41, 5.74) is 0. The molecule has 1 rings (SSSR count). The minimum atomic E-state index is -0.0939. The van der Waals surface area contributed by atoms with Gasteiger partial charge in [0.05, 0.1) is 25.2 Å². The fraction of sp³-hybridized carbons (Fsp3) is 0.833. The molecule has 0 spiro atoms. The van der Waals surface area contributed by atoms with Crippen molar-refractivity contribution in [3.8, 4) is 6.07 Å². The smallest absolute Gasteiger partial charge is 0.227 e. The Hall–Kier alpha value is -1.12. The Labute approximate surface area is 103 Å². The fourth-order valence-corrected chi connectivity index (χ4v) is 1.85. The van der Waals surface area contributed by atoms with Crippen LogP contribution in [0.2, 0.25) is 0 Å². The summed E-state index contributed by atoms with van der Waals surface area (Å²) in [6.07, 6.45) is 2.24. The highest BCUT2D eigenvalue weighted by molar-refractivity contribution is 5.79. The molecule has 1 saturated heterocycles. The largest absolute Gasteiger partial charge is 0.379 e. The van der Waals surface area contributed by atoms with Gasteiger partial charge in [-0.3, -0.25) is 4.79 Å². The van der Waals surface area contributed by atoms with Gasteiger partial charge in [-0.05, 0) is 19.4 Å². The number of ether oxygens (including phenoxy) is 1. The minimum Gasteiger partial charge on any atom is -0.379 e. The summed E-state index contributed by atoms with van der Waals surface area (Å²) in [4.78, 5) is 11.9.